The molecule has 104 valence electrons. The van der Waals surface area contributed by atoms with Gasteiger partial charge in [0.15, 0.2) is 11.6 Å². The SMILES string of the molecule is Cc1ccc(/C=C/c2nc(N)nc(C(Cl)(Cl)Cl)n2)cc1. The van der Waals surface area contributed by atoms with Crippen molar-refractivity contribution in [3.63, 3.8) is 0 Å². The molecule has 0 atom stereocenters. The van der Waals surface area contributed by atoms with Crippen LogP contribution in [0, 0.1) is 6.92 Å². The van der Waals surface area contributed by atoms with Crippen molar-refractivity contribution in [1.82, 2.24) is 15.0 Å². The molecule has 1 aromatic heterocycles. The molecule has 2 rings (SSSR count). The molecule has 0 unspecified atom stereocenters. The lowest BCUT2D eigenvalue weighted by Gasteiger charge is -2.09. The molecule has 0 saturated carbocycles. The van der Waals surface area contributed by atoms with E-state index < -0.39 is 3.79 Å². The van der Waals surface area contributed by atoms with Crippen LogP contribution in [-0.2, 0) is 3.79 Å². The van der Waals surface area contributed by atoms with Gasteiger partial charge in [0.05, 0.1) is 0 Å². The van der Waals surface area contributed by atoms with Crippen LogP contribution in [-0.4, -0.2) is 15.0 Å². The highest BCUT2D eigenvalue weighted by molar-refractivity contribution is 6.66. The number of rotatable bonds is 2. The number of alkyl halides is 3. The van der Waals surface area contributed by atoms with Crippen molar-refractivity contribution in [2.75, 3.05) is 5.73 Å². The first-order valence-electron chi connectivity index (χ1n) is 5.68. The van der Waals surface area contributed by atoms with Gasteiger partial charge in [-0.05, 0) is 18.6 Å². The summed E-state index contributed by atoms with van der Waals surface area (Å²) in [5.41, 5.74) is 7.76. The summed E-state index contributed by atoms with van der Waals surface area (Å²) in [5, 5.41) is 0. The molecule has 4 nitrogen and oxygen atoms in total. The molecule has 0 saturated heterocycles. The zero-order chi connectivity index (χ0) is 14.8. The maximum atomic E-state index is 5.74. The largest absolute Gasteiger partial charge is 0.368 e. The zero-order valence-electron chi connectivity index (χ0n) is 10.5. The normalized spacial score (nSPS) is 12.0. The number of hydrogen-bond acceptors (Lipinski definition) is 4. The van der Waals surface area contributed by atoms with Gasteiger partial charge in [0, 0.05) is 0 Å². The van der Waals surface area contributed by atoms with E-state index in [1.165, 1.54) is 5.56 Å². The van der Waals surface area contributed by atoms with Gasteiger partial charge >= 0.3 is 0 Å². The molecule has 0 amide bonds. The Bertz CT molecular complexity index is 633. The van der Waals surface area contributed by atoms with Crippen LogP contribution in [0.3, 0.4) is 0 Å². The van der Waals surface area contributed by atoms with E-state index in [0.717, 1.165) is 5.56 Å². The number of aryl methyl sites for hydroxylation is 1. The molecule has 0 aliphatic rings. The lowest BCUT2D eigenvalue weighted by molar-refractivity contribution is 0.917. The van der Waals surface area contributed by atoms with Gasteiger partial charge in [-0.25, -0.2) is 4.98 Å². The summed E-state index contributed by atoms with van der Waals surface area (Å²) in [6.45, 7) is 2.02. The summed E-state index contributed by atoms with van der Waals surface area (Å²) < 4.78 is -1.73. The fraction of sp³-hybridized carbons (Fsp3) is 0.154. The maximum absolute atomic E-state index is 5.74. The van der Waals surface area contributed by atoms with Gasteiger partial charge in [-0.15, -0.1) is 0 Å². The van der Waals surface area contributed by atoms with E-state index in [1.54, 1.807) is 6.08 Å². The van der Waals surface area contributed by atoms with Gasteiger partial charge in [-0.1, -0.05) is 70.7 Å². The second kappa shape index (κ2) is 5.95. The fourth-order valence-electron chi connectivity index (χ4n) is 1.46. The summed E-state index contributed by atoms with van der Waals surface area (Å²) in [6.07, 6.45) is 3.53. The van der Waals surface area contributed by atoms with Gasteiger partial charge in [-0.2, -0.15) is 9.97 Å². The van der Waals surface area contributed by atoms with Crippen molar-refractivity contribution >= 4 is 52.9 Å². The Morgan fingerprint density at radius 2 is 1.65 bits per heavy atom. The minimum Gasteiger partial charge on any atom is -0.368 e. The van der Waals surface area contributed by atoms with Crippen LogP contribution in [0.2, 0.25) is 0 Å². The summed E-state index contributed by atoms with van der Waals surface area (Å²) in [5.74, 6) is 0.336. The topological polar surface area (TPSA) is 64.7 Å². The smallest absolute Gasteiger partial charge is 0.250 e. The fourth-order valence-corrected chi connectivity index (χ4v) is 1.71. The number of nitrogen functional groups attached to an aromatic ring is 1. The zero-order valence-corrected chi connectivity index (χ0v) is 12.8. The monoisotopic (exact) mass is 328 g/mol. The number of halogens is 3. The first kappa shape index (κ1) is 15.0. The molecule has 0 bridgehead atoms. The summed E-state index contributed by atoms with van der Waals surface area (Å²) >= 11 is 17.2. The molecule has 2 aromatic rings. The first-order valence-corrected chi connectivity index (χ1v) is 6.81. The predicted molar refractivity (Wildman–Crippen MR) is 83.6 cm³/mol. The van der Waals surface area contributed by atoms with E-state index in [2.05, 4.69) is 15.0 Å². The molecular formula is C13H11Cl3N4. The van der Waals surface area contributed by atoms with Crippen LogP contribution in [0.5, 0.6) is 0 Å². The Balaban J connectivity index is 2.29. The van der Waals surface area contributed by atoms with Crippen LogP contribution in [0.4, 0.5) is 5.95 Å². The van der Waals surface area contributed by atoms with Crippen LogP contribution < -0.4 is 5.73 Å². The van der Waals surface area contributed by atoms with Crippen LogP contribution in [0.15, 0.2) is 24.3 Å². The maximum Gasteiger partial charge on any atom is 0.250 e. The number of nitrogens with two attached hydrogens (primary N) is 1. The molecule has 7 heteroatoms. The molecule has 20 heavy (non-hydrogen) atoms. The van der Waals surface area contributed by atoms with Gasteiger partial charge in [0.25, 0.3) is 0 Å². The van der Waals surface area contributed by atoms with E-state index in [1.807, 2.05) is 37.3 Å². The Hall–Kier alpha value is -1.36. The van der Waals surface area contributed by atoms with E-state index in [4.69, 9.17) is 40.5 Å². The molecule has 0 aliphatic heterocycles. The second-order valence-electron chi connectivity index (χ2n) is 4.12. The predicted octanol–water partition coefficient (Wildman–Crippen LogP) is 3.76. The van der Waals surface area contributed by atoms with E-state index in [0.29, 0.717) is 5.82 Å². The first-order chi connectivity index (χ1) is 9.34. The number of hydrogen-bond donors (Lipinski definition) is 1. The lowest BCUT2D eigenvalue weighted by Crippen LogP contribution is -2.12. The molecule has 1 heterocycles. The third-order valence-corrected chi connectivity index (χ3v) is 2.93. The third-order valence-electron chi connectivity index (χ3n) is 2.43. The number of aromatic nitrogens is 3. The molecule has 0 spiro atoms. The highest BCUT2D eigenvalue weighted by atomic mass is 35.6. The van der Waals surface area contributed by atoms with Gasteiger partial charge in [-0.3, -0.25) is 0 Å². The number of benzene rings is 1. The van der Waals surface area contributed by atoms with E-state index in [9.17, 15) is 0 Å². The second-order valence-corrected chi connectivity index (χ2v) is 6.40. The number of anilines is 1. The molecule has 0 fully saturated rings. The van der Waals surface area contributed by atoms with E-state index in [-0.39, 0.29) is 11.8 Å². The summed E-state index contributed by atoms with van der Waals surface area (Å²) in [4.78, 5) is 11.8. The summed E-state index contributed by atoms with van der Waals surface area (Å²) in [6, 6.07) is 7.97. The molecule has 0 aliphatic carbocycles. The Kier molecular flexibility index (Phi) is 4.48. The Morgan fingerprint density at radius 1 is 1.00 bits per heavy atom. The van der Waals surface area contributed by atoms with Crippen LogP contribution in [0.1, 0.15) is 22.8 Å². The van der Waals surface area contributed by atoms with Crippen LogP contribution in [0.25, 0.3) is 12.2 Å². The average molecular weight is 330 g/mol. The molecular weight excluding hydrogens is 319 g/mol. The van der Waals surface area contributed by atoms with Crippen LogP contribution >= 0.6 is 34.8 Å². The Morgan fingerprint density at radius 3 is 2.25 bits per heavy atom. The lowest BCUT2D eigenvalue weighted by atomic mass is 10.1. The van der Waals surface area contributed by atoms with Crippen molar-refractivity contribution < 1.29 is 0 Å². The average Bonchev–Trinajstić information content (AvgIpc) is 2.36. The number of nitrogens with zero attached hydrogens (tertiary/aromatic N) is 3. The van der Waals surface area contributed by atoms with Gasteiger partial charge < -0.3 is 5.73 Å². The standard InChI is InChI=1S/C13H11Cl3N4/c1-8-2-4-9(5-3-8)6-7-10-18-11(13(14,15)16)20-12(17)19-10/h2-7H,1H3,(H2,17,18,19,20)/b7-6+. The van der Waals surface area contributed by atoms with Crippen molar-refractivity contribution in [2.24, 2.45) is 0 Å². The Labute approximate surface area is 131 Å². The van der Waals surface area contributed by atoms with Gasteiger partial charge in [0.1, 0.15) is 0 Å². The third kappa shape index (κ3) is 4.07. The highest BCUT2D eigenvalue weighted by Crippen LogP contribution is 2.35. The highest BCUT2D eigenvalue weighted by Gasteiger charge is 2.27. The van der Waals surface area contributed by atoms with Gasteiger partial charge in [0.2, 0.25) is 9.74 Å². The minimum atomic E-state index is -1.73. The van der Waals surface area contributed by atoms with Crippen molar-refractivity contribution in [3.05, 3.63) is 47.0 Å². The van der Waals surface area contributed by atoms with Crippen molar-refractivity contribution in [3.8, 4) is 0 Å². The minimum absolute atomic E-state index is 0.00134. The quantitative estimate of drug-likeness (QED) is 0.852. The molecule has 2 N–H and O–H groups in total. The molecule has 1 aromatic carbocycles. The summed E-state index contributed by atoms with van der Waals surface area (Å²) in [7, 11) is 0. The molecule has 0 radical (unpaired) electrons. The van der Waals surface area contributed by atoms with Crippen molar-refractivity contribution in [1.29, 1.82) is 0 Å². The van der Waals surface area contributed by atoms with E-state index >= 15 is 0 Å². The van der Waals surface area contributed by atoms with Crippen molar-refractivity contribution in [2.45, 2.75) is 10.7 Å².